The van der Waals surface area contributed by atoms with Gasteiger partial charge >= 0.3 is 0 Å². The zero-order chi connectivity index (χ0) is 21.9. The summed E-state index contributed by atoms with van der Waals surface area (Å²) in [6, 6.07) is 21.3. The second kappa shape index (κ2) is 13.9. The van der Waals surface area contributed by atoms with Crippen LogP contribution in [0.15, 0.2) is 70.2 Å². The summed E-state index contributed by atoms with van der Waals surface area (Å²) in [6.45, 7) is 5.74. The highest BCUT2D eigenvalue weighted by Gasteiger charge is 2.14. The minimum Gasteiger partial charge on any atom is -0.356 e. The third-order valence-corrected chi connectivity index (χ3v) is 5.21. The normalized spacial score (nSPS) is 11.5. The molecule has 2 N–H and O–H groups in total. The fourth-order valence-electron chi connectivity index (χ4n) is 3.50. The van der Waals surface area contributed by atoms with E-state index in [-0.39, 0.29) is 29.9 Å². The Hall–Kier alpha value is -2.42. The van der Waals surface area contributed by atoms with Crippen LogP contribution in [-0.2, 0) is 6.42 Å². The maximum atomic E-state index is 5.30. The monoisotopic (exact) mass is 547 g/mol. The third kappa shape index (κ3) is 7.93. The van der Waals surface area contributed by atoms with Gasteiger partial charge in [0.05, 0.1) is 0 Å². The van der Waals surface area contributed by atoms with E-state index in [1.54, 1.807) is 7.05 Å². The predicted octanol–water partition coefficient (Wildman–Crippen LogP) is 5.13. The molecule has 0 spiro atoms. The maximum absolute atomic E-state index is 5.30. The van der Waals surface area contributed by atoms with Crippen LogP contribution in [0, 0.1) is 0 Å². The van der Waals surface area contributed by atoms with E-state index in [1.165, 1.54) is 11.1 Å². The van der Waals surface area contributed by atoms with Crippen LogP contribution in [0.1, 0.15) is 61.4 Å². The summed E-state index contributed by atoms with van der Waals surface area (Å²) in [5.74, 6) is 2.91. The number of hydrogen-bond donors (Lipinski definition) is 2. The lowest BCUT2D eigenvalue weighted by Gasteiger charge is -2.19. The van der Waals surface area contributed by atoms with Gasteiger partial charge in [0.25, 0.3) is 0 Å². The number of benzene rings is 2. The van der Waals surface area contributed by atoms with Crippen molar-refractivity contribution in [1.82, 2.24) is 20.8 Å². The predicted molar refractivity (Wildman–Crippen MR) is 141 cm³/mol. The molecule has 0 radical (unpaired) electrons. The van der Waals surface area contributed by atoms with Crippen molar-refractivity contribution < 1.29 is 4.52 Å². The van der Waals surface area contributed by atoms with Crippen LogP contribution in [0.4, 0.5) is 0 Å². The Morgan fingerprint density at radius 2 is 1.53 bits per heavy atom. The van der Waals surface area contributed by atoms with Gasteiger partial charge in [-0.3, -0.25) is 4.99 Å². The first-order valence-electron chi connectivity index (χ1n) is 11.0. The average Bonchev–Trinajstić information content (AvgIpc) is 3.29. The highest BCUT2D eigenvalue weighted by molar-refractivity contribution is 14.0. The van der Waals surface area contributed by atoms with E-state index in [2.05, 4.69) is 100 Å². The van der Waals surface area contributed by atoms with Gasteiger partial charge in [0, 0.05) is 38.4 Å². The Morgan fingerprint density at radius 3 is 2.06 bits per heavy atom. The molecule has 0 aliphatic carbocycles. The van der Waals surface area contributed by atoms with Gasteiger partial charge in [-0.05, 0) is 24.0 Å². The van der Waals surface area contributed by atoms with Crippen LogP contribution >= 0.6 is 24.0 Å². The molecule has 0 fully saturated rings. The first-order valence-corrected chi connectivity index (χ1v) is 11.0. The number of nitrogens with zero attached hydrogens (tertiary/aromatic N) is 3. The maximum Gasteiger partial charge on any atom is 0.226 e. The lowest BCUT2D eigenvalue weighted by atomic mass is 9.88. The highest BCUT2D eigenvalue weighted by Crippen LogP contribution is 2.27. The van der Waals surface area contributed by atoms with Gasteiger partial charge < -0.3 is 15.2 Å². The van der Waals surface area contributed by atoms with Crippen LogP contribution in [0.5, 0.6) is 0 Å². The number of hydrogen-bond acceptors (Lipinski definition) is 4. The van der Waals surface area contributed by atoms with Crippen molar-refractivity contribution in [2.75, 3.05) is 20.1 Å². The summed E-state index contributed by atoms with van der Waals surface area (Å²) in [4.78, 5) is 8.77. The lowest BCUT2D eigenvalue weighted by molar-refractivity contribution is 0.368. The van der Waals surface area contributed by atoms with Crippen molar-refractivity contribution in [3.8, 4) is 0 Å². The minimum atomic E-state index is 0. The Morgan fingerprint density at radius 1 is 0.938 bits per heavy atom. The summed E-state index contributed by atoms with van der Waals surface area (Å²) < 4.78 is 5.30. The molecule has 0 unspecified atom stereocenters. The van der Waals surface area contributed by atoms with Crippen molar-refractivity contribution in [2.24, 2.45) is 4.99 Å². The number of aliphatic imine (C=N–C) groups is 1. The number of guanidine groups is 1. The molecule has 6 nitrogen and oxygen atoms in total. The smallest absolute Gasteiger partial charge is 0.226 e. The van der Waals surface area contributed by atoms with Gasteiger partial charge in [-0.25, -0.2) is 0 Å². The van der Waals surface area contributed by atoms with E-state index >= 15 is 0 Å². The Kier molecular flexibility index (Phi) is 11.2. The van der Waals surface area contributed by atoms with Crippen LogP contribution in [0.25, 0.3) is 0 Å². The largest absolute Gasteiger partial charge is 0.356 e. The van der Waals surface area contributed by atoms with E-state index < -0.39 is 0 Å². The Bertz CT molecular complexity index is 888. The summed E-state index contributed by atoms with van der Waals surface area (Å²) in [7, 11) is 1.80. The second-order valence-corrected chi connectivity index (χ2v) is 7.89. The number of aromatic nitrogens is 2. The van der Waals surface area contributed by atoms with E-state index in [9.17, 15) is 0 Å². The van der Waals surface area contributed by atoms with Crippen molar-refractivity contribution >= 4 is 29.9 Å². The van der Waals surface area contributed by atoms with Gasteiger partial charge in [0.15, 0.2) is 11.8 Å². The molecule has 1 heterocycles. The van der Waals surface area contributed by atoms with E-state index in [0.29, 0.717) is 11.8 Å². The SMILES string of the molecule is CN=C(NCCCc1nc(C(C)C)no1)NCCC(c1ccccc1)c1ccccc1.I. The molecule has 7 heteroatoms. The van der Waals surface area contributed by atoms with Crippen molar-refractivity contribution in [1.29, 1.82) is 0 Å². The first-order chi connectivity index (χ1) is 15.2. The number of nitrogens with one attached hydrogen (secondary N) is 2. The second-order valence-electron chi connectivity index (χ2n) is 7.89. The van der Waals surface area contributed by atoms with Gasteiger partial charge in [0.1, 0.15) is 0 Å². The quantitative estimate of drug-likeness (QED) is 0.159. The van der Waals surface area contributed by atoms with Gasteiger partial charge in [-0.2, -0.15) is 4.98 Å². The van der Waals surface area contributed by atoms with Gasteiger partial charge in [-0.15, -0.1) is 24.0 Å². The van der Waals surface area contributed by atoms with Crippen LogP contribution in [0.2, 0.25) is 0 Å². The molecule has 0 amide bonds. The van der Waals surface area contributed by atoms with Gasteiger partial charge in [-0.1, -0.05) is 79.7 Å². The van der Waals surface area contributed by atoms with Crippen molar-refractivity contribution in [2.45, 2.75) is 44.9 Å². The minimum absolute atomic E-state index is 0. The highest BCUT2D eigenvalue weighted by atomic mass is 127. The molecule has 0 saturated heterocycles. The standard InChI is InChI=1S/C25H33N5O.HI/c1-19(2)24-29-23(31-30-24)15-10-17-27-25(26-3)28-18-16-22(20-11-6-4-7-12-20)21-13-8-5-9-14-21;/h4-9,11-14,19,22H,10,15-18H2,1-3H3,(H2,26,27,28);1H. The van der Waals surface area contributed by atoms with Crippen molar-refractivity contribution in [3.63, 3.8) is 0 Å². The molecule has 0 bridgehead atoms. The summed E-state index contributed by atoms with van der Waals surface area (Å²) >= 11 is 0. The van der Waals surface area contributed by atoms with E-state index in [4.69, 9.17) is 4.52 Å². The molecule has 3 rings (SSSR count). The first kappa shape index (κ1) is 25.8. The van der Waals surface area contributed by atoms with Crippen molar-refractivity contribution in [3.05, 3.63) is 83.5 Å². The molecule has 3 aromatic rings. The molecule has 172 valence electrons. The number of halogens is 1. The average molecular weight is 547 g/mol. The van der Waals surface area contributed by atoms with Crippen LogP contribution in [-0.4, -0.2) is 36.2 Å². The third-order valence-electron chi connectivity index (χ3n) is 5.21. The molecular weight excluding hydrogens is 513 g/mol. The number of rotatable bonds is 10. The fourth-order valence-corrected chi connectivity index (χ4v) is 3.50. The fraction of sp³-hybridized carbons (Fsp3) is 0.400. The molecule has 1 aromatic heterocycles. The summed E-state index contributed by atoms with van der Waals surface area (Å²) in [5.41, 5.74) is 2.66. The van der Waals surface area contributed by atoms with Crippen LogP contribution in [0.3, 0.4) is 0 Å². The molecule has 0 atom stereocenters. The molecule has 0 saturated carbocycles. The topological polar surface area (TPSA) is 75.3 Å². The Labute approximate surface area is 208 Å². The molecule has 0 aliphatic heterocycles. The summed E-state index contributed by atoms with van der Waals surface area (Å²) in [5, 5.41) is 10.8. The number of aryl methyl sites for hydroxylation is 1. The Balaban J connectivity index is 0.00000363. The molecule has 32 heavy (non-hydrogen) atoms. The zero-order valence-corrected chi connectivity index (χ0v) is 21.5. The van der Waals surface area contributed by atoms with E-state index in [1.807, 2.05) is 0 Å². The van der Waals surface area contributed by atoms with Gasteiger partial charge in [0.2, 0.25) is 5.89 Å². The molecule has 2 aromatic carbocycles. The zero-order valence-electron chi connectivity index (χ0n) is 19.1. The lowest BCUT2D eigenvalue weighted by Crippen LogP contribution is -2.38. The molecule has 0 aliphatic rings. The van der Waals surface area contributed by atoms with E-state index in [0.717, 1.165) is 44.1 Å². The van der Waals surface area contributed by atoms with Crippen LogP contribution < -0.4 is 10.6 Å². The summed E-state index contributed by atoms with van der Waals surface area (Å²) in [6.07, 6.45) is 2.64. The molecular formula is C25H34IN5O.